The van der Waals surface area contributed by atoms with Crippen LogP contribution in [0.1, 0.15) is 52.0 Å². The lowest BCUT2D eigenvalue weighted by Gasteiger charge is -2.33. The van der Waals surface area contributed by atoms with Crippen LogP contribution in [0.2, 0.25) is 0 Å². The van der Waals surface area contributed by atoms with Crippen LogP contribution in [0.25, 0.3) is 0 Å². The molecule has 0 unspecified atom stereocenters. The number of alkyl carbamates (subject to hydrolysis) is 1. The van der Waals surface area contributed by atoms with E-state index in [9.17, 15) is 14.4 Å². The molecular weight excluding hydrogens is 384 g/mol. The zero-order valence-corrected chi connectivity index (χ0v) is 17.8. The lowest BCUT2D eigenvalue weighted by molar-refractivity contribution is -0.156. The average molecular weight is 415 g/mol. The molecule has 3 rings (SSSR count). The van der Waals surface area contributed by atoms with Crippen LogP contribution in [-0.2, 0) is 25.7 Å². The minimum atomic E-state index is -0.776. The van der Waals surface area contributed by atoms with Crippen molar-refractivity contribution in [3.8, 4) is 0 Å². The van der Waals surface area contributed by atoms with Crippen LogP contribution in [-0.4, -0.2) is 46.6 Å². The fraction of sp³-hybridized carbons (Fsp3) is 0.522. The number of fused-ring (bicyclic) bond motifs is 1. The standard InChI is InChI=1S/C23H30N2O5/c1-23(2,3)30-22(28)24-18-12-8-7-11-17-13-14-19(25(17)20(18)26)21(27)29-15-16-9-5-4-6-10-16/h4-10,17-19H,11-15H2,1-3H3,(H,24,28)/b8-7-/t17-,18-,19-/m0/s1. The Labute approximate surface area is 177 Å². The third-order valence-electron chi connectivity index (χ3n) is 5.19. The molecular formula is C23H30N2O5. The molecule has 0 saturated carbocycles. The van der Waals surface area contributed by atoms with Gasteiger partial charge < -0.3 is 19.7 Å². The molecule has 1 aromatic carbocycles. The van der Waals surface area contributed by atoms with Crippen LogP contribution < -0.4 is 5.32 Å². The highest BCUT2D eigenvalue weighted by atomic mass is 16.6. The minimum Gasteiger partial charge on any atom is -0.459 e. The number of carbonyl (C=O) groups is 3. The molecule has 162 valence electrons. The van der Waals surface area contributed by atoms with Gasteiger partial charge in [-0.05, 0) is 52.0 Å². The van der Waals surface area contributed by atoms with E-state index in [0.717, 1.165) is 12.0 Å². The molecule has 0 radical (unpaired) electrons. The number of benzene rings is 1. The molecule has 2 amide bonds. The number of amides is 2. The van der Waals surface area contributed by atoms with Crippen molar-refractivity contribution in [1.82, 2.24) is 10.2 Å². The van der Waals surface area contributed by atoms with Gasteiger partial charge in [0.2, 0.25) is 5.91 Å². The summed E-state index contributed by atoms with van der Waals surface area (Å²) in [7, 11) is 0. The summed E-state index contributed by atoms with van der Waals surface area (Å²) in [5.41, 5.74) is 0.233. The Bertz CT molecular complexity index is 800. The zero-order valence-electron chi connectivity index (χ0n) is 17.8. The van der Waals surface area contributed by atoms with Gasteiger partial charge in [0.1, 0.15) is 24.3 Å². The van der Waals surface area contributed by atoms with Crippen LogP contribution in [0.5, 0.6) is 0 Å². The molecule has 3 atom stereocenters. The molecule has 1 N–H and O–H groups in total. The van der Waals surface area contributed by atoms with E-state index in [1.165, 1.54) is 0 Å². The first kappa shape index (κ1) is 21.9. The predicted molar refractivity (Wildman–Crippen MR) is 111 cm³/mol. The normalized spacial score (nSPS) is 25.0. The fourth-order valence-electron chi connectivity index (χ4n) is 3.84. The first-order chi connectivity index (χ1) is 14.2. The second-order valence-electron chi connectivity index (χ2n) is 8.73. The summed E-state index contributed by atoms with van der Waals surface area (Å²) in [6, 6.07) is 7.95. The fourth-order valence-corrected chi connectivity index (χ4v) is 3.84. The molecule has 0 spiro atoms. The first-order valence-electron chi connectivity index (χ1n) is 10.4. The maximum Gasteiger partial charge on any atom is 0.408 e. The van der Waals surface area contributed by atoms with Gasteiger partial charge in [0.15, 0.2) is 0 Å². The van der Waals surface area contributed by atoms with Gasteiger partial charge in [-0.3, -0.25) is 4.79 Å². The molecule has 0 aliphatic carbocycles. The molecule has 2 aliphatic rings. The summed E-state index contributed by atoms with van der Waals surface area (Å²) < 4.78 is 10.8. The van der Waals surface area contributed by atoms with Crippen LogP contribution in [0.3, 0.4) is 0 Å². The van der Waals surface area contributed by atoms with Crippen molar-refractivity contribution >= 4 is 18.0 Å². The van der Waals surface area contributed by atoms with E-state index in [1.807, 2.05) is 42.5 Å². The highest BCUT2D eigenvalue weighted by Gasteiger charge is 2.44. The van der Waals surface area contributed by atoms with Crippen molar-refractivity contribution < 1.29 is 23.9 Å². The monoisotopic (exact) mass is 414 g/mol. The number of nitrogens with one attached hydrogen (secondary N) is 1. The van der Waals surface area contributed by atoms with Gasteiger partial charge in [-0.1, -0.05) is 42.5 Å². The van der Waals surface area contributed by atoms with Crippen LogP contribution >= 0.6 is 0 Å². The van der Waals surface area contributed by atoms with Gasteiger partial charge in [0.25, 0.3) is 0 Å². The Morgan fingerprint density at radius 1 is 1.10 bits per heavy atom. The quantitative estimate of drug-likeness (QED) is 0.603. The highest BCUT2D eigenvalue weighted by Crippen LogP contribution is 2.30. The number of rotatable bonds is 4. The third kappa shape index (κ3) is 5.62. The predicted octanol–water partition coefficient (Wildman–Crippen LogP) is 3.33. The largest absolute Gasteiger partial charge is 0.459 e. The maximum atomic E-state index is 13.3. The van der Waals surface area contributed by atoms with E-state index < -0.39 is 29.7 Å². The topological polar surface area (TPSA) is 84.9 Å². The van der Waals surface area contributed by atoms with Crippen molar-refractivity contribution in [3.05, 3.63) is 48.0 Å². The number of nitrogens with zero attached hydrogens (tertiary/aromatic N) is 1. The van der Waals surface area contributed by atoms with Crippen molar-refractivity contribution in [3.63, 3.8) is 0 Å². The van der Waals surface area contributed by atoms with E-state index >= 15 is 0 Å². The number of esters is 1. The van der Waals surface area contributed by atoms with Gasteiger partial charge in [0, 0.05) is 6.04 Å². The molecule has 0 aromatic heterocycles. The van der Waals surface area contributed by atoms with Gasteiger partial charge in [-0.15, -0.1) is 0 Å². The molecule has 7 heteroatoms. The Hall–Kier alpha value is -2.83. The molecule has 0 bridgehead atoms. The Kier molecular flexibility index (Phi) is 6.80. The number of ether oxygens (including phenoxy) is 2. The third-order valence-corrected chi connectivity index (χ3v) is 5.19. The molecule has 1 saturated heterocycles. The van der Waals surface area contributed by atoms with Gasteiger partial charge in [-0.25, -0.2) is 9.59 Å². The molecule has 30 heavy (non-hydrogen) atoms. The SMILES string of the molecule is CC(C)(C)OC(=O)N[C@H]1C/C=C\C[C@H]2CC[C@@H](C(=O)OCc3ccccc3)N2C1=O. The number of hydrogen-bond donors (Lipinski definition) is 1. The Balaban J connectivity index is 1.69. The molecule has 2 heterocycles. The molecule has 1 aromatic rings. The minimum absolute atomic E-state index is 0.0775. The molecule has 1 fully saturated rings. The van der Waals surface area contributed by atoms with E-state index in [1.54, 1.807) is 25.7 Å². The summed E-state index contributed by atoms with van der Waals surface area (Å²) in [4.78, 5) is 39.9. The lowest BCUT2D eigenvalue weighted by atomic mass is 10.0. The van der Waals surface area contributed by atoms with Crippen molar-refractivity contribution in [2.24, 2.45) is 0 Å². The Morgan fingerprint density at radius 2 is 1.80 bits per heavy atom. The van der Waals surface area contributed by atoms with Gasteiger partial charge >= 0.3 is 12.1 Å². The lowest BCUT2D eigenvalue weighted by Crippen LogP contribution is -2.55. The van der Waals surface area contributed by atoms with Gasteiger partial charge in [-0.2, -0.15) is 0 Å². The second kappa shape index (κ2) is 9.32. The van der Waals surface area contributed by atoms with Crippen molar-refractivity contribution in [2.45, 2.75) is 76.8 Å². The maximum absolute atomic E-state index is 13.3. The molecule has 7 nitrogen and oxygen atoms in total. The van der Waals surface area contributed by atoms with E-state index in [0.29, 0.717) is 19.3 Å². The summed E-state index contributed by atoms with van der Waals surface area (Å²) in [6.07, 6.45) is 5.58. The first-order valence-corrected chi connectivity index (χ1v) is 10.4. The van der Waals surface area contributed by atoms with Crippen LogP contribution in [0, 0.1) is 0 Å². The number of hydrogen-bond acceptors (Lipinski definition) is 5. The van der Waals surface area contributed by atoms with Crippen LogP contribution in [0.4, 0.5) is 4.79 Å². The summed E-state index contributed by atoms with van der Waals surface area (Å²) >= 11 is 0. The van der Waals surface area contributed by atoms with E-state index in [-0.39, 0.29) is 18.6 Å². The second-order valence-corrected chi connectivity index (χ2v) is 8.73. The number of carbonyl (C=O) groups excluding carboxylic acids is 3. The van der Waals surface area contributed by atoms with E-state index in [4.69, 9.17) is 9.47 Å². The Morgan fingerprint density at radius 3 is 2.50 bits per heavy atom. The molecule has 2 aliphatic heterocycles. The summed E-state index contributed by atoms with van der Waals surface area (Å²) in [5, 5.41) is 2.67. The van der Waals surface area contributed by atoms with Gasteiger partial charge in [0.05, 0.1) is 0 Å². The smallest absolute Gasteiger partial charge is 0.408 e. The van der Waals surface area contributed by atoms with Crippen LogP contribution in [0.15, 0.2) is 42.5 Å². The summed E-state index contributed by atoms with van der Waals surface area (Å²) in [5.74, 6) is -0.676. The zero-order chi connectivity index (χ0) is 21.7. The van der Waals surface area contributed by atoms with Crippen molar-refractivity contribution in [2.75, 3.05) is 0 Å². The van der Waals surface area contributed by atoms with E-state index in [2.05, 4.69) is 5.32 Å². The average Bonchev–Trinajstić information content (AvgIpc) is 3.09. The van der Waals surface area contributed by atoms with Crippen molar-refractivity contribution in [1.29, 1.82) is 0 Å². The summed E-state index contributed by atoms with van der Waals surface area (Å²) in [6.45, 7) is 5.47. The highest BCUT2D eigenvalue weighted by molar-refractivity contribution is 5.90.